The van der Waals surface area contributed by atoms with Crippen LogP contribution in [0.2, 0.25) is 10.0 Å². The molecule has 0 aliphatic carbocycles. The first-order chi connectivity index (χ1) is 10.1. The maximum absolute atomic E-state index is 11.7. The molecule has 0 saturated heterocycles. The Bertz CT molecular complexity index is 845. The van der Waals surface area contributed by atoms with Gasteiger partial charge in [0.25, 0.3) is 0 Å². The third-order valence-corrected chi connectivity index (χ3v) is 3.60. The Hall–Kier alpha value is -2.11. The molecule has 0 N–H and O–H groups in total. The van der Waals surface area contributed by atoms with Gasteiger partial charge in [-0.15, -0.1) is 10.2 Å². The Balaban J connectivity index is 2.28. The molecular weight excluding hydrogens is 313 g/mol. The molecule has 1 aromatic carbocycles. The Kier molecular flexibility index (Phi) is 3.53. The van der Waals surface area contributed by atoms with Crippen LogP contribution in [-0.4, -0.2) is 27.7 Å². The number of ether oxygens (including phenoxy) is 1. The van der Waals surface area contributed by atoms with Gasteiger partial charge in [-0.2, -0.15) is 0 Å². The monoisotopic (exact) mass is 321 g/mol. The van der Waals surface area contributed by atoms with E-state index >= 15 is 0 Å². The van der Waals surface area contributed by atoms with Gasteiger partial charge >= 0.3 is 5.97 Å². The minimum absolute atomic E-state index is 0.308. The number of hydrogen-bond acceptors (Lipinski definition) is 4. The number of fused-ring (bicyclic) bond motifs is 1. The van der Waals surface area contributed by atoms with E-state index in [1.165, 1.54) is 13.2 Å². The zero-order valence-corrected chi connectivity index (χ0v) is 12.4. The Morgan fingerprint density at radius 3 is 2.67 bits per heavy atom. The second kappa shape index (κ2) is 5.35. The van der Waals surface area contributed by atoms with Gasteiger partial charge in [-0.25, -0.2) is 4.79 Å². The molecule has 3 aromatic rings. The lowest BCUT2D eigenvalue weighted by atomic mass is 10.2. The molecule has 7 heteroatoms. The molecule has 5 nitrogen and oxygen atoms in total. The highest BCUT2D eigenvalue weighted by Gasteiger charge is 2.16. The summed E-state index contributed by atoms with van der Waals surface area (Å²) in [7, 11) is 1.31. The largest absolute Gasteiger partial charge is 0.465 e. The van der Waals surface area contributed by atoms with Gasteiger partial charge in [0, 0.05) is 11.8 Å². The normalized spacial score (nSPS) is 10.8. The van der Waals surface area contributed by atoms with E-state index in [0.29, 0.717) is 32.6 Å². The van der Waals surface area contributed by atoms with Crippen molar-refractivity contribution < 1.29 is 9.53 Å². The fraction of sp³-hybridized carbons (Fsp3) is 0.0714. The van der Waals surface area contributed by atoms with Crippen LogP contribution in [0.25, 0.3) is 17.0 Å². The van der Waals surface area contributed by atoms with Crippen LogP contribution in [0.3, 0.4) is 0 Å². The van der Waals surface area contributed by atoms with Crippen molar-refractivity contribution in [3.05, 3.63) is 52.1 Å². The molecule has 0 bridgehead atoms. The van der Waals surface area contributed by atoms with E-state index in [0.717, 1.165) is 0 Å². The summed E-state index contributed by atoms with van der Waals surface area (Å²) in [6, 6.07) is 8.73. The van der Waals surface area contributed by atoms with Crippen LogP contribution < -0.4 is 0 Å². The Morgan fingerprint density at radius 1 is 1.19 bits per heavy atom. The van der Waals surface area contributed by atoms with Crippen molar-refractivity contribution in [1.29, 1.82) is 0 Å². The number of nitrogens with zero attached hydrogens (tertiary/aromatic N) is 3. The van der Waals surface area contributed by atoms with Gasteiger partial charge < -0.3 is 4.74 Å². The van der Waals surface area contributed by atoms with Gasteiger partial charge in [0.1, 0.15) is 0 Å². The molecule has 0 unspecified atom stereocenters. The smallest absolute Gasteiger partial charge is 0.339 e. The number of pyridine rings is 1. The average Bonchev–Trinajstić information content (AvgIpc) is 2.91. The minimum atomic E-state index is -0.488. The lowest BCUT2D eigenvalue weighted by Gasteiger charge is -2.05. The fourth-order valence-corrected chi connectivity index (χ4v) is 2.48. The number of benzene rings is 1. The molecule has 0 fully saturated rings. The molecule has 0 saturated carbocycles. The summed E-state index contributed by atoms with van der Waals surface area (Å²) < 4.78 is 6.33. The summed E-state index contributed by atoms with van der Waals surface area (Å²) in [5, 5.41) is 8.98. The first kappa shape index (κ1) is 13.9. The van der Waals surface area contributed by atoms with E-state index in [9.17, 15) is 4.79 Å². The molecular formula is C14H9Cl2N3O2. The lowest BCUT2D eigenvalue weighted by molar-refractivity contribution is 0.0600. The number of esters is 1. The van der Waals surface area contributed by atoms with E-state index < -0.39 is 5.97 Å². The van der Waals surface area contributed by atoms with Gasteiger partial charge in [0.15, 0.2) is 11.5 Å². The Morgan fingerprint density at radius 2 is 1.95 bits per heavy atom. The van der Waals surface area contributed by atoms with Crippen molar-refractivity contribution in [2.24, 2.45) is 0 Å². The molecule has 21 heavy (non-hydrogen) atoms. The molecule has 2 heterocycles. The maximum atomic E-state index is 11.7. The topological polar surface area (TPSA) is 56.5 Å². The number of hydrogen-bond donors (Lipinski definition) is 0. The number of carbonyl (C=O) groups excluding carboxylic acids is 1. The summed E-state index contributed by atoms with van der Waals surface area (Å²) in [6.07, 6.45) is 1.58. The van der Waals surface area contributed by atoms with Crippen LogP contribution in [0, 0.1) is 0 Å². The second-order valence-corrected chi connectivity index (χ2v) is 5.08. The van der Waals surface area contributed by atoms with Crippen LogP contribution >= 0.6 is 23.2 Å². The minimum Gasteiger partial charge on any atom is -0.465 e. The highest BCUT2D eigenvalue weighted by atomic mass is 35.5. The van der Waals surface area contributed by atoms with E-state index in [-0.39, 0.29) is 0 Å². The number of rotatable bonds is 2. The molecule has 0 atom stereocenters. The first-order valence-corrected chi connectivity index (χ1v) is 6.75. The van der Waals surface area contributed by atoms with Crippen molar-refractivity contribution >= 4 is 34.8 Å². The maximum Gasteiger partial charge on any atom is 0.339 e. The van der Waals surface area contributed by atoms with Gasteiger partial charge in [-0.1, -0.05) is 35.3 Å². The quantitative estimate of drug-likeness (QED) is 0.678. The van der Waals surface area contributed by atoms with Gasteiger partial charge in [-0.3, -0.25) is 4.40 Å². The molecule has 3 rings (SSSR count). The summed E-state index contributed by atoms with van der Waals surface area (Å²) in [5.41, 5.74) is 1.45. The molecule has 0 aliphatic heterocycles. The molecule has 106 valence electrons. The zero-order chi connectivity index (χ0) is 15.0. The summed E-state index contributed by atoms with van der Waals surface area (Å²) in [6.45, 7) is 0. The highest BCUT2D eigenvalue weighted by Crippen LogP contribution is 2.28. The predicted octanol–water partition coefficient (Wildman–Crippen LogP) is 3.49. The molecule has 0 aliphatic rings. The van der Waals surface area contributed by atoms with Crippen molar-refractivity contribution in [1.82, 2.24) is 14.6 Å². The number of halogens is 2. The SMILES string of the molecule is COC(=O)c1cc(Cl)c2nnc(-c3ccccc3Cl)n2c1. The number of methoxy groups -OCH3 is 1. The first-order valence-electron chi connectivity index (χ1n) is 5.99. The van der Waals surface area contributed by atoms with E-state index in [2.05, 4.69) is 10.2 Å². The van der Waals surface area contributed by atoms with Crippen molar-refractivity contribution in [2.75, 3.05) is 7.11 Å². The van der Waals surface area contributed by atoms with Gasteiger partial charge in [-0.05, 0) is 18.2 Å². The average molecular weight is 322 g/mol. The third kappa shape index (κ3) is 2.34. The predicted molar refractivity (Wildman–Crippen MR) is 79.8 cm³/mol. The summed E-state index contributed by atoms with van der Waals surface area (Å²) in [5.74, 6) is 0.0147. The third-order valence-electron chi connectivity index (χ3n) is 3.00. The Labute approximate surface area is 130 Å². The molecule has 2 aromatic heterocycles. The molecule has 0 spiro atoms. The van der Waals surface area contributed by atoms with Crippen LogP contribution in [0.1, 0.15) is 10.4 Å². The summed E-state index contributed by atoms with van der Waals surface area (Å²) in [4.78, 5) is 11.7. The van der Waals surface area contributed by atoms with E-state index in [1.54, 1.807) is 16.7 Å². The van der Waals surface area contributed by atoms with E-state index in [4.69, 9.17) is 27.9 Å². The second-order valence-electron chi connectivity index (χ2n) is 4.27. The standard InChI is InChI=1S/C14H9Cl2N3O2/c1-21-14(20)8-6-11(16)13-18-17-12(19(13)7-8)9-4-2-3-5-10(9)15/h2-7H,1H3. The van der Waals surface area contributed by atoms with Crippen molar-refractivity contribution in [2.45, 2.75) is 0 Å². The van der Waals surface area contributed by atoms with Crippen LogP contribution in [-0.2, 0) is 4.74 Å². The molecule has 0 amide bonds. The van der Waals surface area contributed by atoms with E-state index in [1.807, 2.05) is 18.2 Å². The lowest BCUT2D eigenvalue weighted by Crippen LogP contribution is -2.04. The summed E-state index contributed by atoms with van der Waals surface area (Å²) >= 11 is 12.3. The van der Waals surface area contributed by atoms with Crippen LogP contribution in [0.4, 0.5) is 0 Å². The number of carbonyl (C=O) groups is 1. The van der Waals surface area contributed by atoms with Gasteiger partial charge in [0.2, 0.25) is 0 Å². The highest BCUT2D eigenvalue weighted by molar-refractivity contribution is 6.34. The number of aromatic nitrogens is 3. The fourth-order valence-electron chi connectivity index (χ4n) is 2.01. The van der Waals surface area contributed by atoms with Crippen molar-refractivity contribution in [3.63, 3.8) is 0 Å². The van der Waals surface area contributed by atoms with Gasteiger partial charge in [0.05, 0.1) is 22.7 Å². The van der Waals surface area contributed by atoms with Crippen LogP contribution in [0.15, 0.2) is 36.5 Å². The van der Waals surface area contributed by atoms with Crippen LogP contribution in [0.5, 0.6) is 0 Å². The van der Waals surface area contributed by atoms with Crippen molar-refractivity contribution in [3.8, 4) is 11.4 Å². The zero-order valence-electron chi connectivity index (χ0n) is 10.9. The molecule has 0 radical (unpaired) electrons.